The molecule has 0 amide bonds. The Labute approximate surface area is 151 Å². The molecule has 5 nitrogen and oxygen atoms in total. The van der Waals surface area contributed by atoms with E-state index in [4.69, 9.17) is 17.3 Å². The van der Waals surface area contributed by atoms with Crippen LogP contribution in [0.1, 0.15) is 11.5 Å². The highest BCUT2D eigenvalue weighted by Gasteiger charge is 2.54. The van der Waals surface area contributed by atoms with E-state index >= 15 is 0 Å². The maximum atomic E-state index is 9.92. The fourth-order valence-electron chi connectivity index (χ4n) is 3.90. The Hall–Kier alpha value is -2.78. The molecule has 0 spiro atoms. The number of nitrogens with zero attached hydrogens (tertiary/aromatic N) is 4. The fraction of sp³-hybridized carbons (Fsp3) is 0.316. The van der Waals surface area contributed by atoms with E-state index in [1.165, 1.54) is 0 Å². The van der Waals surface area contributed by atoms with Crippen LogP contribution >= 0.6 is 11.6 Å². The van der Waals surface area contributed by atoms with Crippen molar-refractivity contribution in [2.75, 3.05) is 20.1 Å². The number of fused-ring (bicyclic) bond motifs is 1. The van der Waals surface area contributed by atoms with Crippen molar-refractivity contribution in [3.05, 3.63) is 57.8 Å². The van der Waals surface area contributed by atoms with Crippen LogP contribution in [0.4, 0.5) is 0 Å². The number of hydrogen-bond donors (Lipinski definition) is 1. The summed E-state index contributed by atoms with van der Waals surface area (Å²) < 4.78 is 0. The summed E-state index contributed by atoms with van der Waals surface area (Å²) in [6.45, 7) is 1.32. The SMILES string of the molecule is CN1CC=C2C(C#N)=C(N)C(C#N)(C#N)[C@H](c3cccc(Cl)c3)[C@H]2C1. The third-order valence-corrected chi connectivity index (χ3v) is 5.29. The van der Waals surface area contributed by atoms with Gasteiger partial charge in [0.2, 0.25) is 0 Å². The van der Waals surface area contributed by atoms with Gasteiger partial charge in [0.25, 0.3) is 0 Å². The minimum atomic E-state index is -1.60. The van der Waals surface area contributed by atoms with Crippen molar-refractivity contribution in [1.29, 1.82) is 15.8 Å². The summed E-state index contributed by atoms with van der Waals surface area (Å²) in [4.78, 5) is 2.10. The first-order chi connectivity index (χ1) is 12.0. The van der Waals surface area contributed by atoms with Crippen molar-refractivity contribution in [2.24, 2.45) is 17.1 Å². The van der Waals surface area contributed by atoms with Crippen molar-refractivity contribution in [3.8, 4) is 18.2 Å². The van der Waals surface area contributed by atoms with E-state index in [-0.39, 0.29) is 17.2 Å². The summed E-state index contributed by atoms with van der Waals surface area (Å²) in [5, 5.41) is 30.0. The summed E-state index contributed by atoms with van der Waals surface area (Å²) in [6, 6.07) is 13.5. The normalized spacial score (nSPS) is 25.2. The zero-order valence-corrected chi connectivity index (χ0v) is 14.5. The van der Waals surface area contributed by atoms with Gasteiger partial charge in [-0.25, -0.2) is 0 Å². The van der Waals surface area contributed by atoms with E-state index in [0.29, 0.717) is 18.1 Å². The number of halogens is 1. The van der Waals surface area contributed by atoms with E-state index in [9.17, 15) is 15.8 Å². The molecule has 1 aromatic carbocycles. The molecule has 2 aliphatic rings. The molecule has 25 heavy (non-hydrogen) atoms. The molecule has 0 aromatic heterocycles. The Morgan fingerprint density at radius 1 is 1.28 bits per heavy atom. The third kappa shape index (κ3) is 2.48. The van der Waals surface area contributed by atoms with Gasteiger partial charge in [-0.2, -0.15) is 15.8 Å². The molecule has 2 N–H and O–H groups in total. The minimum Gasteiger partial charge on any atom is -0.399 e. The van der Waals surface area contributed by atoms with Crippen LogP contribution in [-0.2, 0) is 0 Å². The Balaban J connectivity index is 2.34. The van der Waals surface area contributed by atoms with E-state index in [0.717, 1.165) is 11.1 Å². The summed E-state index contributed by atoms with van der Waals surface area (Å²) >= 11 is 6.15. The number of likely N-dealkylation sites (N-methyl/N-ethyl adjacent to an activating group) is 1. The van der Waals surface area contributed by atoms with Gasteiger partial charge >= 0.3 is 0 Å². The predicted octanol–water partition coefficient (Wildman–Crippen LogP) is 2.70. The fourth-order valence-corrected chi connectivity index (χ4v) is 4.10. The Morgan fingerprint density at radius 3 is 2.60 bits per heavy atom. The summed E-state index contributed by atoms with van der Waals surface area (Å²) in [6.07, 6.45) is 1.97. The minimum absolute atomic E-state index is 0.0389. The number of hydrogen-bond acceptors (Lipinski definition) is 5. The number of allylic oxidation sites excluding steroid dienone is 2. The van der Waals surface area contributed by atoms with Crippen LogP contribution in [0, 0.1) is 45.3 Å². The van der Waals surface area contributed by atoms with Crippen LogP contribution in [0.5, 0.6) is 0 Å². The molecule has 0 unspecified atom stereocenters. The molecule has 0 fully saturated rings. The molecule has 1 aliphatic carbocycles. The average Bonchev–Trinajstić information content (AvgIpc) is 2.61. The van der Waals surface area contributed by atoms with Gasteiger partial charge < -0.3 is 10.6 Å². The van der Waals surface area contributed by atoms with E-state index < -0.39 is 11.3 Å². The maximum Gasteiger partial charge on any atom is 0.191 e. The van der Waals surface area contributed by atoms with Crippen LogP contribution in [0.3, 0.4) is 0 Å². The highest BCUT2D eigenvalue weighted by atomic mass is 35.5. The summed E-state index contributed by atoms with van der Waals surface area (Å²) in [5.41, 5.74) is 6.53. The van der Waals surface area contributed by atoms with E-state index in [2.05, 4.69) is 23.1 Å². The van der Waals surface area contributed by atoms with Gasteiger partial charge in [-0.3, -0.25) is 0 Å². The first-order valence-electron chi connectivity index (χ1n) is 7.85. The van der Waals surface area contributed by atoms with Crippen molar-refractivity contribution in [2.45, 2.75) is 5.92 Å². The van der Waals surface area contributed by atoms with E-state index in [1.54, 1.807) is 18.2 Å². The first kappa shape index (κ1) is 17.1. The zero-order valence-electron chi connectivity index (χ0n) is 13.7. The molecule has 0 bridgehead atoms. The Morgan fingerprint density at radius 2 is 2.00 bits per heavy atom. The van der Waals surface area contributed by atoms with E-state index in [1.807, 2.05) is 19.2 Å². The topological polar surface area (TPSA) is 101 Å². The lowest BCUT2D eigenvalue weighted by molar-refractivity contribution is 0.237. The quantitative estimate of drug-likeness (QED) is 0.840. The smallest absolute Gasteiger partial charge is 0.191 e. The van der Waals surface area contributed by atoms with Gasteiger partial charge in [-0.05, 0) is 30.3 Å². The molecule has 1 aliphatic heterocycles. The lowest BCUT2D eigenvalue weighted by Crippen LogP contribution is -2.47. The van der Waals surface area contributed by atoms with Crippen LogP contribution in [0.2, 0.25) is 5.02 Å². The molecule has 2 atom stereocenters. The van der Waals surface area contributed by atoms with Gasteiger partial charge in [-0.15, -0.1) is 0 Å². The molecule has 3 rings (SSSR count). The second-order valence-corrected chi connectivity index (χ2v) is 6.89. The average molecular weight is 350 g/mol. The molecule has 124 valence electrons. The summed E-state index contributed by atoms with van der Waals surface area (Å²) in [7, 11) is 1.97. The van der Waals surface area contributed by atoms with Crippen LogP contribution in [0.15, 0.2) is 47.2 Å². The van der Waals surface area contributed by atoms with Crippen LogP contribution < -0.4 is 5.73 Å². The van der Waals surface area contributed by atoms with Crippen LogP contribution in [-0.4, -0.2) is 25.0 Å². The predicted molar refractivity (Wildman–Crippen MR) is 93.7 cm³/mol. The third-order valence-electron chi connectivity index (χ3n) is 5.05. The van der Waals surface area contributed by atoms with Gasteiger partial charge in [-0.1, -0.05) is 29.8 Å². The maximum absolute atomic E-state index is 9.92. The second kappa shape index (κ2) is 6.26. The summed E-state index contributed by atoms with van der Waals surface area (Å²) in [5.74, 6) is -0.675. The van der Waals surface area contributed by atoms with Gasteiger partial charge in [0.15, 0.2) is 5.41 Å². The highest BCUT2D eigenvalue weighted by molar-refractivity contribution is 6.30. The molecule has 6 heteroatoms. The van der Waals surface area contributed by atoms with Gasteiger partial charge in [0, 0.05) is 29.9 Å². The van der Waals surface area contributed by atoms with Crippen LogP contribution in [0.25, 0.3) is 0 Å². The monoisotopic (exact) mass is 349 g/mol. The number of rotatable bonds is 1. The molecule has 0 radical (unpaired) electrons. The zero-order chi connectivity index (χ0) is 18.2. The highest BCUT2D eigenvalue weighted by Crippen LogP contribution is 2.54. The van der Waals surface area contributed by atoms with Crippen molar-refractivity contribution in [3.63, 3.8) is 0 Å². The number of nitriles is 3. The second-order valence-electron chi connectivity index (χ2n) is 6.45. The molecular weight excluding hydrogens is 334 g/mol. The lowest BCUT2D eigenvalue weighted by Gasteiger charge is -2.45. The molecule has 1 heterocycles. The standard InChI is InChI=1S/C19H16ClN5/c1-25-6-5-14-15(8-21)18(24)19(10-22,11-23)17(16(14)9-25)12-3-2-4-13(20)7-12/h2-5,7,16-17H,6,9,24H2,1H3/t16-,17+/m0/s1. The van der Waals surface area contributed by atoms with Crippen molar-refractivity contribution in [1.82, 2.24) is 4.90 Å². The molecular formula is C19H16ClN5. The number of benzene rings is 1. The van der Waals surface area contributed by atoms with Gasteiger partial charge in [0.1, 0.15) is 6.07 Å². The lowest BCUT2D eigenvalue weighted by atomic mass is 9.58. The molecule has 1 aromatic rings. The number of nitrogens with two attached hydrogens (primary N) is 1. The van der Waals surface area contributed by atoms with Crippen molar-refractivity contribution >= 4 is 11.6 Å². The largest absolute Gasteiger partial charge is 0.399 e. The molecule has 0 saturated carbocycles. The Kier molecular flexibility index (Phi) is 4.27. The first-order valence-corrected chi connectivity index (χ1v) is 8.23. The Bertz CT molecular complexity index is 895. The van der Waals surface area contributed by atoms with Gasteiger partial charge in [0.05, 0.1) is 23.4 Å². The van der Waals surface area contributed by atoms with Crippen molar-refractivity contribution < 1.29 is 0 Å². The molecule has 0 saturated heterocycles.